The van der Waals surface area contributed by atoms with Crippen LogP contribution in [0.3, 0.4) is 0 Å². The highest BCUT2D eigenvalue weighted by molar-refractivity contribution is 5.64. The van der Waals surface area contributed by atoms with Gasteiger partial charge in [0.25, 0.3) is 5.69 Å². The number of aromatic nitrogens is 1. The number of hydrogen-bond acceptors (Lipinski definition) is 5. The van der Waals surface area contributed by atoms with Gasteiger partial charge < -0.3 is 5.32 Å². The van der Waals surface area contributed by atoms with Crippen molar-refractivity contribution in [1.29, 1.82) is 5.26 Å². The molecule has 6 nitrogen and oxygen atoms in total. The summed E-state index contributed by atoms with van der Waals surface area (Å²) in [6.45, 7) is 3.57. The van der Waals surface area contributed by atoms with E-state index in [1.54, 1.807) is 19.2 Å². The van der Waals surface area contributed by atoms with Gasteiger partial charge in [-0.2, -0.15) is 5.26 Å². The third kappa shape index (κ3) is 3.15. The zero-order valence-corrected chi connectivity index (χ0v) is 11.7. The quantitative estimate of drug-likeness (QED) is 0.685. The van der Waals surface area contributed by atoms with Gasteiger partial charge in [0.1, 0.15) is 0 Å². The molecule has 0 fully saturated rings. The lowest BCUT2D eigenvalue weighted by Crippen LogP contribution is -2.10. The third-order valence-electron chi connectivity index (χ3n) is 3.21. The topological polar surface area (TPSA) is 91.8 Å². The van der Waals surface area contributed by atoms with Gasteiger partial charge >= 0.3 is 0 Å². The number of nitro benzene ring substituents is 1. The molecular weight excluding hydrogens is 268 g/mol. The van der Waals surface area contributed by atoms with E-state index in [1.807, 2.05) is 31.2 Å². The van der Waals surface area contributed by atoms with Crippen molar-refractivity contribution in [1.82, 2.24) is 4.98 Å². The molecular formula is C15H14N4O2. The summed E-state index contributed by atoms with van der Waals surface area (Å²) in [5.74, 6) is 0. The first kappa shape index (κ1) is 14.5. The minimum atomic E-state index is -0.479. The van der Waals surface area contributed by atoms with Crippen LogP contribution in [0.2, 0.25) is 0 Å². The predicted molar refractivity (Wildman–Crippen MR) is 78.8 cm³/mol. The Labute approximate surface area is 122 Å². The Balaban J connectivity index is 2.38. The van der Waals surface area contributed by atoms with Crippen LogP contribution in [0.25, 0.3) is 0 Å². The minimum Gasteiger partial charge on any atom is -0.376 e. The van der Waals surface area contributed by atoms with Gasteiger partial charge in [-0.15, -0.1) is 0 Å². The number of anilines is 1. The van der Waals surface area contributed by atoms with Crippen LogP contribution in [0.4, 0.5) is 11.4 Å². The molecule has 106 valence electrons. The number of benzene rings is 1. The van der Waals surface area contributed by atoms with Gasteiger partial charge in [0.05, 0.1) is 28.3 Å². The van der Waals surface area contributed by atoms with E-state index in [1.165, 1.54) is 6.07 Å². The van der Waals surface area contributed by atoms with Crippen molar-refractivity contribution < 1.29 is 4.92 Å². The van der Waals surface area contributed by atoms with Crippen LogP contribution < -0.4 is 5.32 Å². The lowest BCUT2D eigenvalue weighted by Gasteiger charge is -2.16. The standard InChI is InChI=1S/C15H14N4O2/c1-10-14(7-12(9-16)8-15(10)19(20)21)18-11(2)13-5-3-4-6-17-13/h3-8,11,18H,1-2H3/t11-/m1/s1. The van der Waals surface area contributed by atoms with Crippen molar-refractivity contribution in [2.45, 2.75) is 19.9 Å². The molecule has 0 amide bonds. The Bertz CT molecular complexity index is 708. The summed E-state index contributed by atoms with van der Waals surface area (Å²) in [7, 11) is 0. The molecule has 2 aromatic rings. The number of pyridine rings is 1. The Hall–Kier alpha value is -2.94. The molecule has 0 saturated heterocycles. The summed E-state index contributed by atoms with van der Waals surface area (Å²) in [6.07, 6.45) is 1.69. The molecule has 1 heterocycles. The van der Waals surface area contributed by atoms with E-state index < -0.39 is 4.92 Å². The van der Waals surface area contributed by atoms with Crippen molar-refractivity contribution in [2.75, 3.05) is 5.32 Å². The molecule has 1 atom stereocenters. The molecule has 0 aliphatic rings. The molecule has 2 rings (SSSR count). The molecule has 0 radical (unpaired) electrons. The predicted octanol–water partition coefficient (Wildman–Crippen LogP) is 3.34. The number of hydrogen-bond donors (Lipinski definition) is 1. The van der Waals surface area contributed by atoms with Gasteiger partial charge in [-0.3, -0.25) is 15.1 Å². The number of nitrogens with zero attached hydrogens (tertiary/aromatic N) is 3. The summed E-state index contributed by atoms with van der Waals surface area (Å²) in [6, 6.07) is 10.3. The first-order valence-electron chi connectivity index (χ1n) is 6.39. The first-order chi connectivity index (χ1) is 10.0. The summed E-state index contributed by atoms with van der Waals surface area (Å²) >= 11 is 0. The minimum absolute atomic E-state index is 0.0650. The zero-order chi connectivity index (χ0) is 15.4. The number of nitriles is 1. The lowest BCUT2D eigenvalue weighted by molar-refractivity contribution is -0.385. The van der Waals surface area contributed by atoms with Crippen LogP contribution in [-0.2, 0) is 0 Å². The van der Waals surface area contributed by atoms with Crippen LogP contribution in [0.1, 0.15) is 29.8 Å². The fourth-order valence-corrected chi connectivity index (χ4v) is 2.04. The molecule has 0 aliphatic heterocycles. The molecule has 0 unspecified atom stereocenters. The summed E-state index contributed by atoms with van der Waals surface area (Å²) in [5, 5.41) is 23.2. The molecule has 6 heteroatoms. The lowest BCUT2D eigenvalue weighted by atomic mass is 10.1. The van der Waals surface area contributed by atoms with Crippen LogP contribution in [0.5, 0.6) is 0 Å². The molecule has 0 aliphatic carbocycles. The van der Waals surface area contributed by atoms with Crippen molar-refractivity contribution in [2.24, 2.45) is 0 Å². The number of nitrogens with one attached hydrogen (secondary N) is 1. The molecule has 1 N–H and O–H groups in total. The smallest absolute Gasteiger partial charge is 0.275 e. The van der Waals surface area contributed by atoms with E-state index in [9.17, 15) is 10.1 Å². The van der Waals surface area contributed by atoms with Crippen LogP contribution in [0.15, 0.2) is 36.5 Å². The number of nitro groups is 1. The fraction of sp³-hybridized carbons (Fsp3) is 0.200. The van der Waals surface area contributed by atoms with E-state index in [-0.39, 0.29) is 17.3 Å². The Kier molecular flexibility index (Phi) is 4.14. The molecule has 0 spiro atoms. The van der Waals surface area contributed by atoms with Gasteiger partial charge in [0, 0.05) is 23.5 Å². The second-order valence-corrected chi connectivity index (χ2v) is 4.66. The summed E-state index contributed by atoms with van der Waals surface area (Å²) in [5.41, 5.74) is 2.08. The van der Waals surface area contributed by atoms with Gasteiger partial charge in [-0.05, 0) is 32.0 Å². The molecule has 21 heavy (non-hydrogen) atoms. The van der Waals surface area contributed by atoms with Crippen molar-refractivity contribution in [3.8, 4) is 6.07 Å². The average Bonchev–Trinajstić information content (AvgIpc) is 2.49. The van der Waals surface area contributed by atoms with Gasteiger partial charge in [0.2, 0.25) is 0 Å². The maximum absolute atomic E-state index is 11.1. The molecule has 0 bridgehead atoms. The van der Waals surface area contributed by atoms with Crippen molar-refractivity contribution >= 4 is 11.4 Å². The fourth-order valence-electron chi connectivity index (χ4n) is 2.04. The second kappa shape index (κ2) is 6.01. The molecule has 1 aromatic heterocycles. The second-order valence-electron chi connectivity index (χ2n) is 4.66. The van der Waals surface area contributed by atoms with E-state index in [0.717, 1.165) is 5.69 Å². The Morgan fingerprint density at radius 1 is 1.43 bits per heavy atom. The Morgan fingerprint density at radius 2 is 2.19 bits per heavy atom. The van der Waals surface area contributed by atoms with E-state index in [4.69, 9.17) is 5.26 Å². The van der Waals surface area contributed by atoms with Crippen LogP contribution in [0, 0.1) is 28.4 Å². The normalized spacial score (nSPS) is 11.5. The van der Waals surface area contributed by atoms with Crippen LogP contribution in [-0.4, -0.2) is 9.91 Å². The highest BCUT2D eigenvalue weighted by atomic mass is 16.6. The third-order valence-corrected chi connectivity index (χ3v) is 3.21. The highest BCUT2D eigenvalue weighted by Gasteiger charge is 2.18. The summed E-state index contributed by atoms with van der Waals surface area (Å²) in [4.78, 5) is 14.8. The van der Waals surface area contributed by atoms with E-state index in [0.29, 0.717) is 11.3 Å². The highest BCUT2D eigenvalue weighted by Crippen LogP contribution is 2.29. The van der Waals surface area contributed by atoms with Gasteiger partial charge in [-0.1, -0.05) is 6.07 Å². The number of rotatable bonds is 4. The zero-order valence-electron chi connectivity index (χ0n) is 11.7. The summed E-state index contributed by atoms with van der Waals surface area (Å²) < 4.78 is 0. The maximum Gasteiger partial charge on any atom is 0.275 e. The van der Waals surface area contributed by atoms with Gasteiger partial charge in [-0.25, -0.2) is 0 Å². The van der Waals surface area contributed by atoms with Crippen molar-refractivity contribution in [3.05, 3.63) is 63.5 Å². The maximum atomic E-state index is 11.1. The first-order valence-corrected chi connectivity index (χ1v) is 6.39. The van der Waals surface area contributed by atoms with Crippen molar-refractivity contribution in [3.63, 3.8) is 0 Å². The largest absolute Gasteiger partial charge is 0.376 e. The Morgan fingerprint density at radius 3 is 2.76 bits per heavy atom. The van der Waals surface area contributed by atoms with Gasteiger partial charge in [0.15, 0.2) is 0 Å². The molecule has 1 aromatic carbocycles. The monoisotopic (exact) mass is 282 g/mol. The van der Waals surface area contributed by atoms with E-state index in [2.05, 4.69) is 10.3 Å². The molecule has 0 saturated carbocycles. The average molecular weight is 282 g/mol. The SMILES string of the molecule is Cc1c(N[C@H](C)c2ccccn2)cc(C#N)cc1[N+](=O)[O-]. The van der Waals surface area contributed by atoms with E-state index >= 15 is 0 Å². The van der Waals surface area contributed by atoms with Crippen LogP contribution >= 0.6 is 0 Å².